The molecule has 1 amide bonds. The molecular formula is C24H23N5O. The van der Waals surface area contributed by atoms with Crippen LogP contribution in [-0.2, 0) is 0 Å². The molecule has 0 N–H and O–H groups in total. The van der Waals surface area contributed by atoms with Crippen LogP contribution in [0.5, 0.6) is 0 Å². The van der Waals surface area contributed by atoms with Crippen LogP contribution in [0.1, 0.15) is 10.4 Å². The number of rotatable bonds is 4. The number of nitrogens with zero attached hydrogens (tertiary/aromatic N) is 5. The smallest absolute Gasteiger partial charge is 0.259 e. The highest BCUT2D eigenvalue weighted by atomic mass is 16.2. The van der Waals surface area contributed by atoms with Crippen LogP contribution in [0.15, 0.2) is 91.4 Å². The second-order valence-corrected chi connectivity index (χ2v) is 7.33. The Bertz CT molecular complexity index is 1110. The van der Waals surface area contributed by atoms with Crippen molar-refractivity contribution in [3.05, 3.63) is 97.0 Å². The minimum absolute atomic E-state index is 0.0218. The zero-order valence-electron chi connectivity index (χ0n) is 16.6. The van der Waals surface area contributed by atoms with Gasteiger partial charge in [-0.15, -0.1) is 0 Å². The summed E-state index contributed by atoms with van der Waals surface area (Å²) in [7, 11) is 0. The first-order valence-corrected chi connectivity index (χ1v) is 10.2. The minimum atomic E-state index is 0.0218. The van der Waals surface area contributed by atoms with Crippen LogP contribution in [0.4, 0.5) is 5.69 Å². The first-order valence-electron chi connectivity index (χ1n) is 10.2. The molecule has 0 radical (unpaired) electrons. The van der Waals surface area contributed by atoms with Gasteiger partial charge in [0.25, 0.3) is 5.91 Å². The van der Waals surface area contributed by atoms with Crippen LogP contribution in [0.3, 0.4) is 0 Å². The van der Waals surface area contributed by atoms with Crippen LogP contribution < -0.4 is 4.90 Å². The van der Waals surface area contributed by atoms with Crippen molar-refractivity contribution in [1.29, 1.82) is 0 Å². The molecule has 1 aliphatic heterocycles. The number of anilines is 1. The van der Waals surface area contributed by atoms with Crippen LogP contribution in [0.25, 0.3) is 11.5 Å². The highest BCUT2D eigenvalue weighted by Gasteiger charge is 2.27. The maximum absolute atomic E-state index is 13.4. The molecule has 3 heterocycles. The van der Waals surface area contributed by atoms with Gasteiger partial charge in [0, 0.05) is 44.3 Å². The summed E-state index contributed by atoms with van der Waals surface area (Å²) in [6.07, 6.45) is 5.58. The zero-order valence-corrected chi connectivity index (χ0v) is 16.6. The van der Waals surface area contributed by atoms with Gasteiger partial charge in [-0.2, -0.15) is 5.10 Å². The molecule has 4 aromatic rings. The summed E-state index contributed by atoms with van der Waals surface area (Å²) in [5, 5.41) is 4.56. The molecule has 150 valence electrons. The van der Waals surface area contributed by atoms with Gasteiger partial charge in [0.2, 0.25) is 0 Å². The molecule has 0 atom stereocenters. The van der Waals surface area contributed by atoms with Crippen molar-refractivity contribution in [2.75, 3.05) is 31.1 Å². The van der Waals surface area contributed by atoms with Gasteiger partial charge < -0.3 is 14.4 Å². The first kappa shape index (κ1) is 18.2. The SMILES string of the molecule is O=C(c1cnn(-c2ccccc2)c1-n1cccc1)N1CCN(c2ccccc2)CC1. The Labute approximate surface area is 175 Å². The Kier molecular flexibility index (Phi) is 4.81. The molecule has 2 aromatic heterocycles. The maximum atomic E-state index is 13.4. The normalized spacial score (nSPS) is 14.1. The van der Waals surface area contributed by atoms with Crippen molar-refractivity contribution in [2.45, 2.75) is 0 Å². The number of piperazine rings is 1. The first-order chi connectivity index (χ1) is 14.8. The minimum Gasteiger partial charge on any atom is -0.368 e. The number of aromatic nitrogens is 3. The second kappa shape index (κ2) is 7.91. The number of hydrogen-bond acceptors (Lipinski definition) is 3. The zero-order chi connectivity index (χ0) is 20.3. The van der Waals surface area contributed by atoms with Gasteiger partial charge in [-0.25, -0.2) is 4.68 Å². The predicted molar refractivity (Wildman–Crippen MR) is 117 cm³/mol. The average Bonchev–Trinajstić information content (AvgIpc) is 3.50. The molecular weight excluding hydrogens is 374 g/mol. The molecule has 1 fully saturated rings. The highest BCUT2D eigenvalue weighted by molar-refractivity contribution is 5.97. The fraction of sp³-hybridized carbons (Fsp3) is 0.167. The van der Waals surface area contributed by atoms with Gasteiger partial charge in [-0.3, -0.25) is 4.79 Å². The fourth-order valence-electron chi connectivity index (χ4n) is 3.95. The van der Waals surface area contributed by atoms with Crippen molar-refractivity contribution in [2.24, 2.45) is 0 Å². The Morgan fingerprint density at radius 1 is 0.733 bits per heavy atom. The van der Waals surface area contributed by atoms with Crippen molar-refractivity contribution in [3.63, 3.8) is 0 Å². The monoisotopic (exact) mass is 397 g/mol. The lowest BCUT2D eigenvalue weighted by molar-refractivity contribution is 0.0747. The standard InChI is InChI=1S/C24H23N5O/c30-24(28-17-15-26(16-18-28)20-9-3-1-4-10-20)22-19-25-29(21-11-5-2-6-12-21)23(22)27-13-7-8-14-27/h1-14,19H,15-18H2. The Morgan fingerprint density at radius 2 is 1.33 bits per heavy atom. The van der Waals surface area contributed by atoms with E-state index in [1.54, 1.807) is 6.20 Å². The molecule has 2 aromatic carbocycles. The van der Waals surface area contributed by atoms with Crippen molar-refractivity contribution in [3.8, 4) is 11.5 Å². The average molecular weight is 397 g/mol. The molecule has 1 saturated heterocycles. The van der Waals surface area contributed by atoms with Crippen LogP contribution in [0.2, 0.25) is 0 Å². The lowest BCUT2D eigenvalue weighted by Crippen LogP contribution is -2.48. The largest absolute Gasteiger partial charge is 0.368 e. The molecule has 0 aliphatic carbocycles. The summed E-state index contributed by atoms with van der Waals surface area (Å²) in [6, 6.07) is 24.2. The topological polar surface area (TPSA) is 46.3 Å². The molecule has 0 unspecified atom stereocenters. The van der Waals surface area contributed by atoms with E-state index in [1.807, 2.05) is 87.2 Å². The van der Waals surface area contributed by atoms with Crippen LogP contribution in [-0.4, -0.2) is 51.3 Å². The Morgan fingerprint density at radius 3 is 1.97 bits per heavy atom. The molecule has 5 rings (SSSR count). The van der Waals surface area contributed by atoms with E-state index in [0.717, 1.165) is 24.6 Å². The lowest BCUT2D eigenvalue weighted by Gasteiger charge is -2.36. The van der Waals surface area contributed by atoms with E-state index in [9.17, 15) is 4.79 Å². The number of carbonyl (C=O) groups is 1. The second-order valence-electron chi connectivity index (χ2n) is 7.33. The number of hydrogen-bond donors (Lipinski definition) is 0. The Balaban J connectivity index is 1.42. The molecule has 0 spiro atoms. The number of carbonyl (C=O) groups excluding carboxylic acids is 1. The van der Waals surface area contributed by atoms with Crippen molar-refractivity contribution >= 4 is 11.6 Å². The van der Waals surface area contributed by atoms with E-state index in [4.69, 9.17) is 0 Å². The van der Waals surface area contributed by atoms with E-state index in [-0.39, 0.29) is 5.91 Å². The van der Waals surface area contributed by atoms with E-state index in [2.05, 4.69) is 22.1 Å². The van der Waals surface area contributed by atoms with Crippen LogP contribution >= 0.6 is 0 Å². The van der Waals surface area contributed by atoms with Gasteiger partial charge in [-0.05, 0) is 36.4 Å². The highest BCUT2D eigenvalue weighted by Crippen LogP contribution is 2.23. The van der Waals surface area contributed by atoms with E-state index in [0.29, 0.717) is 18.7 Å². The molecule has 0 bridgehead atoms. The van der Waals surface area contributed by atoms with Gasteiger partial charge in [-0.1, -0.05) is 36.4 Å². The summed E-state index contributed by atoms with van der Waals surface area (Å²) >= 11 is 0. The van der Waals surface area contributed by atoms with Gasteiger partial charge in [0.15, 0.2) is 5.82 Å². The molecule has 6 nitrogen and oxygen atoms in total. The molecule has 30 heavy (non-hydrogen) atoms. The molecule has 6 heteroatoms. The van der Waals surface area contributed by atoms with E-state index in [1.165, 1.54) is 5.69 Å². The third-order valence-corrected chi connectivity index (χ3v) is 5.51. The van der Waals surface area contributed by atoms with Gasteiger partial charge >= 0.3 is 0 Å². The van der Waals surface area contributed by atoms with Crippen molar-refractivity contribution < 1.29 is 4.79 Å². The van der Waals surface area contributed by atoms with Crippen LogP contribution in [0, 0.1) is 0 Å². The molecule has 1 aliphatic rings. The summed E-state index contributed by atoms with van der Waals surface area (Å²) in [6.45, 7) is 3.02. The predicted octanol–water partition coefficient (Wildman–Crippen LogP) is 3.63. The summed E-state index contributed by atoms with van der Waals surface area (Å²) in [4.78, 5) is 17.7. The number of para-hydroxylation sites is 2. The van der Waals surface area contributed by atoms with E-state index >= 15 is 0 Å². The third kappa shape index (κ3) is 3.37. The number of benzene rings is 2. The third-order valence-electron chi connectivity index (χ3n) is 5.51. The summed E-state index contributed by atoms with van der Waals surface area (Å²) < 4.78 is 3.78. The maximum Gasteiger partial charge on any atom is 0.259 e. The van der Waals surface area contributed by atoms with Gasteiger partial charge in [0.1, 0.15) is 5.56 Å². The van der Waals surface area contributed by atoms with E-state index < -0.39 is 0 Å². The van der Waals surface area contributed by atoms with Gasteiger partial charge in [0.05, 0.1) is 11.9 Å². The lowest BCUT2D eigenvalue weighted by atomic mass is 10.2. The summed E-state index contributed by atoms with van der Waals surface area (Å²) in [5.41, 5.74) is 2.74. The van der Waals surface area contributed by atoms with Crippen molar-refractivity contribution in [1.82, 2.24) is 19.2 Å². The Hall–Kier alpha value is -3.80. The quantitative estimate of drug-likeness (QED) is 0.528. The fourth-order valence-corrected chi connectivity index (χ4v) is 3.95. The molecule has 0 saturated carbocycles. The number of amides is 1. The summed E-state index contributed by atoms with van der Waals surface area (Å²) in [5.74, 6) is 0.787.